The minimum atomic E-state index is -0.364. The first kappa shape index (κ1) is 18.9. The number of hydrogen-bond acceptors (Lipinski definition) is 3. The zero-order valence-electron chi connectivity index (χ0n) is 14.5. The van der Waals surface area contributed by atoms with Gasteiger partial charge < -0.3 is 10.4 Å². The molecule has 1 saturated carbocycles. The number of carbonyl (C=O) groups is 1. The number of carbonyl (C=O) groups excluding carboxylic acids is 1. The summed E-state index contributed by atoms with van der Waals surface area (Å²) in [6.45, 7) is 1.62. The first-order chi connectivity index (χ1) is 12.4. The van der Waals surface area contributed by atoms with Crippen molar-refractivity contribution in [2.45, 2.75) is 48.9 Å². The number of aliphatic hydroxyl groups is 1. The second-order valence-corrected chi connectivity index (χ2v) is 7.95. The smallest absolute Gasteiger partial charge is 0.255 e. The topological polar surface area (TPSA) is 49.3 Å². The molecule has 0 aliphatic heterocycles. The van der Waals surface area contributed by atoms with E-state index < -0.39 is 0 Å². The summed E-state index contributed by atoms with van der Waals surface area (Å²) < 4.78 is 27.5. The van der Waals surface area contributed by atoms with Gasteiger partial charge in [-0.1, -0.05) is 0 Å². The highest BCUT2D eigenvalue weighted by atomic mass is 32.2. The van der Waals surface area contributed by atoms with Crippen molar-refractivity contribution in [1.29, 1.82) is 0 Å². The first-order valence-electron chi connectivity index (χ1n) is 8.64. The maximum Gasteiger partial charge on any atom is 0.255 e. The lowest BCUT2D eigenvalue weighted by molar-refractivity contribution is 0.102. The average molecular weight is 377 g/mol. The highest BCUT2D eigenvalue weighted by molar-refractivity contribution is 8.00. The van der Waals surface area contributed by atoms with Gasteiger partial charge in [-0.2, -0.15) is 0 Å². The molecular formula is C20H21F2NO2S. The molecular weight excluding hydrogens is 356 g/mol. The van der Waals surface area contributed by atoms with E-state index in [1.54, 1.807) is 19.1 Å². The fourth-order valence-corrected chi connectivity index (χ4v) is 4.25. The Morgan fingerprint density at radius 3 is 2.46 bits per heavy atom. The van der Waals surface area contributed by atoms with Crippen molar-refractivity contribution in [1.82, 2.24) is 0 Å². The second kappa shape index (κ2) is 8.18. The molecule has 3 rings (SSSR count). The number of rotatable bonds is 4. The van der Waals surface area contributed by atoms with Gasteiger partial charge in [0.1, 0.15) is 11.6 Å². The van der Waals surface area contributed by atoms with Gasteiger partial charge in [0, 0.05) is 21.4 Å². The Morgan fingerprint density at radius 2 is 1.77 bits per heavy atom. The van der Waals surface area contributed by atoms with Crippen LogP contribution < -0.4 is 5.32 Å². The van der Waals surface area contributed by atoms with Gasteiger partial charge >= 0.3 is 0 Å². The molecule has 6 heteroatoms. The van der Waals surface area contributed by atoms with E-state index in [-0.39, 0.29) is 28.9 Å². The summed E-state index contributed by atoms with van der Waals surface area (Å²) >= 11 is 1.42. The predicted octanol–water partition coefficient (Wildman–Crippen LogP) is 4.92. The molecule has 1 amide bonds. The van der Waals surface area contributed by atoms with Crippen LogP contribution in [-0.4, -0.2) is 22.4 Å². The molecule has 0 atom stereocenters. The summed E-state index contributed by atoms with van der Waals surface area (Å²) in [6.07, 6.45) is 2.85. The number of halogens is 2. The van der Waals surface area contributed by atoms with Crippen molar-refractivity contribution in [3.8, 4) is 0 Å². The third-order valence-electron chi connectivity index (χ3n) is 4.55. The zero-order valence-corrected chi connectivity index (χ0v) is 15.3. The molecule has 138 valence electrons. The monoisotopic (exact) mass is 377 g/mol. The third-order valence-corrected chi connectivity index (χ3v) is 5.92. The molecule has 26 heavy (non-hydrogen) atoms. The van der Waals surface area contributed by atoms with Crippen molar-refractivity contribution in [2.75, 3.05) is 5.32 Å². The third kappa shape index (κ3) is 4.62. The Hall–Kier alpha value is -1.92. The van der Waals surface area contributed by atoms with Gasteiger partial charge in [-0.25, -0.2) is 8.78 Å². The van der Waals surface area contributed by atoms with E-state index in [0.717, 1.165) is 25.7 Å². The van der Waals surface area contributed by atoms with Crippen molar-refractivity contribution in [2.24, 2.45) is 0 Å². The van der Waals surface area contributed by atoms with E-state index in [1.807, 2.05) is 0 Å². The molecule has 1 aliphatic rings. The summed E-state index contributed by atoms with van der Waals surface area (Å²) in [7, 11) is 0. The molecule has 0 spiro atoms. The Bertz CT molecular complexity index is 804. The summed E-state index contributed by atoms with van der Waals surface area (Å²) in [5.74, 6) is -1.05. The Balaban J connectivity index is 1.71. The predicted molar refractivity (Wildman–Crippen MR) is 99.6 cm³/mol. The van der Waals surface area contributed by atoms with E-state index in [1.165, 1.54) is 36.0 Å². The number of aliphatic hydroxyl groups excluding tert-OH is 1. The van der Waals surface area contributed by atoms with Crippen molar-refractivity contribution >= 4 is 23.4 Å². The average Bonchev–Trinajstić information content (AvgIpc) is 2.62. The van der Waals surface area contributed by atoms with Crippen LogP contribution in [0.5, 0.6) is 0 Å². The van der Waals surface area contributed by atoms with Crippen LogP contribution in [0.2, 0.25) is 0 Å². The molecule has 1 aliphatic carbocycles. The Labute approximate surface area is 155 Å². The number of hydrogen-bond donors (Lipinski definition) is 2. The van der Waals surface area contributed by atoms with Crippen molar-refractivity contribution in [3.63, 3.8) is 0 Å². The fraction of sp³-hybridized carbons (Fsp3) is 0.350. The van der Waals surface area contributed by atoms with E-state index in [9.17, 15) is 18.7 Å². The van der Waals surface area contributed by atoms with Crippen LogP contribution in [0.25, 0.3) is 0 Å². The molecule has 3 nitrogen and oxygen atoms in total. The van der Waals surface area contributed by atoms with Gasteiger partial charge in [0.25, 0.3) is 5.91 Å². The SMILES string of the molecule is Cc1cc(NC(=O)c2ccc(F)c(SC3CCC(O)CC3)c2)ccc1F. The van der Waals surface area contributed by atoms with Gasteiger partial charge in [-0.15, -0.1) is 11.8 Å². The maximum absolute atomic E-state index is 14.1. The number of aryl methyl sites for hydroxylation is 1. The van der Waals surface area contributed by atoms with E-state index in [2.05, 4.69) is 5.32 Å². The molecule has 0 heterocycles. The highest BCUT2D eigenvalue weighted by Crippen LogP contribution is 2.35. The van der Waals surface area contributed by atoms with Crippen LogP contribution in [0.15, 0.2) is 41.3 Å². The quantitative estimate of drug-likeness (QED) is 0.795. The van der Waals surface area contributed by atoms with Crippen LogP contribution in [-0.2, 0) is 0 Å². The molecule has 1 fully saturated rings. The number of nitrogens with one attached hydrogen (secondary N) is 1. The number of anilines is 1. The van der Waals surface area contributed by atoms with Gasteiger partial charge in [-0.3, -0.25) is 4.79 Å². The molecule has 0 unspecified atom stereocenters. The van der Waals surface area contributed by atoms with E-state index in [0.29, 0.717) is 21.7 Å². The standard InChI is InChI=1S/C20H21F2NO2S/c1-12-10-14(3-9-17(12)21)23-20(25)13-2-8-18(22)19(11-13)26-16-6-4-15(24)5-7-16/h2-3,8-11,15-16,24H,4-7H2,1H3,(H,23,25). The number of thioether (sulfide) groups is 1. The van der Waals surface area contributed by atoms with Crippen LogP contribution in [0.1, 0.15) is 41.6 Å². The molecule has 2 N–H and O–H groups in total. The normalized spacial score (nSPS) is 20.0. The lowest BCUT2D eigenvalue weighted by Gasteiger charge is -2.25. The van der Waals surface area contributed by atoms with Gasteiger partial charge in [-0.05, 0) is 74.6 Å². The van der Waals surface area contributed by atoms with Crippen molar-refractivity contribution in [3.05, 3.63) is 59.2 Å². The number of amides is 1. The van der Waals surface area contributed by atoms with Crippen molar-refractivity contribution < 1.29 is 18.7 Å². The zero-order chi connectivity index (χ0) is 18.7. The molecule has 2 aromatic carbocycles. The highest BCUT2D eigenvalue weighted by Gasteiger charge is 2.22. The van der Waals surface area contributed by atoms with Crippen LogP contribution in [0, 0.1) is 18.6 Å². The largest absolute Gasteiger partial charge is 0.393 e. The lowest BCUT2D eigenvalue weighted by atomic mass is 9.97. The Kier molecular flexibility index (Phi) is 5.94. The van der Waals surface area contributed by atoms with E-state index in [4.69, 9.17) is 0 Å². The van der Waals surface area contributed by atoms with E-state index >= 15 is 0 Å². The summed E-state index contributed by atoms with van der Waals surface area (Å²) in [4.78, 5) is 12.9. The molecule has 2 aromatic rings. The van der Waals surface area contributed by atoms with Crippen LogP contribution >= 0.6 is 11.8 Å². The molecule has 0 radical (unpaired) electrons. The van der Waals surface area contributed by atoms with Gasteiger partial charge in [0.15, 0.2) is 0 Å². The van der Waals surface area contributed by atoms with Crippen LogP contribution in [0.3, 0.4) is 0 Å². The van der Waals surface area contributed by atoms with Crippen LogP contribution in [0.4, 0.5) is 14.5 Å². The summed E-state index contributed by atoms with van der Waals surface area (Å²) in [6, 6.07) is 8.64. The second-order valence-electron chi connectivity index (χ2n) is 6.61. The first-order valence-corrected chi connectivity index (χ1v) is 9.52. The lowest BCUT2D eigenvalue weighted by Crippen LogP contribution is -2.19. The summed E-state index contributed by atoms with van der Waals surface area (Å²) in [5.41, 5.74) is 1.29. The number of benzene rings is 2. The molecule has 0 saturated heterocycles. The molecule has 0 aromatic heterocycles. The van der Waals surface area contributed by atoms with Gasteiger partial charge in [0.2, 0.25) is 0 Å². The summed E-state index contributed by atoms with van der Waals surface area (Å²) in [5, 5.41) is 12.5. The minimum absolute atomic E-state index is 0.242. The molecule has 0 bridgehead atoms. The fourth-order valence-electron chi connectivity index (χ4n) is 3.00. The minimum Gasteiger partial charge on any atom is -0.393 e. The van der Waals surface area contributed by atoms with Gasteiger partial charge in [0.05, 0.1) is 6.10 Å². The maximum atomic E-state index is 14.1. The Morgan fingerprint density at radius 1 is 1.08 bits per heavy atom.